The number of benzene rings is 1. The van der Waals surface area contributed by atoms with Crippen LogP contribution in [0.2, 0.25) is 0 Å². The van der Waals surface area contributed by atoms with E-state index in [9.17, 15) is 9.59 Å². The van der Waals surface area contributed by atoms with Crippen LogP contribution in [0, 0.1) is 0 Å². The van der Waals surface area contributed by atoms with Crippen molar-refractivity contribution in [3.8, 4) is 0 Å². The lowest BCUT2D eigenvalue weighted by atomic mass is 10.1. The molecule has 0 fully saturated rings. The van der Waals surface area contributed by atoms with Gasteiger partial charge in [-0.2, -0.15) is 0 Å². The lowest BCUT2D eigenvalue weighted by Gasteiger charge is -2.19. The van der Waals surface area contributed by atoms with Gasteiger partial charge in [-0.3, -0.25) is 4.57 Å². The molecule has 2 aromatic rings. The van der Waals surface area contributed by atoms with Crippen molar-refractivity contribution in [2.24, 2.45) is 0 Å². The van der Waals surface area contributed by atoms with Gasteiger partial charge in [-0.25, -0.2) is 9.59 Å². The lowest BCUT2D eigenvalue weighted by molar-refractivity contribution is -0.134. The molecule has 0 aliphatic rings. The molecule has 2 rings (SSSR count). The third-order valence-electron chi connectivity index (χ3n) is 2.96. The average molecular weight is 301 g/mol. The fourth-order valence-corrected chi connectivity index (χ4v) is 2.03. The van der Waals surface area contributed by atoms with E-state index in [1.165, 1.54) is 17.8 Å². The van der Waals surface area contributed by atoms with Crippen molar-refractivity contribution < 1.29 is 19.1 Å². The summed E-state index contributed by atoms with van der Waals surface area (Å²) < 4.78 is 11.4. The number of hydrogen-bond acceptors (Lipinski definition) is 4. The van der Waals surface area contributed by atoms with E-state index in [1.54, 1.807) is 12.3 Å². The largest absolute Gasteiger partial charge is 0.466 e. The van der Waals surface area contributed by atoms with Crippen molar-refractivity contribution in [2.75, 3.05) is 7.11 Å². The molecule has 0 bridgehead atoms. The van der Waals surface area contributed by atoms with Gasteiger partial charge < -0.3 is 9.47 Å². The van der Waals surface area contributed by atoms with Crippen molar-refractivity contribution in [3.63, 3.8) is 0 Å². The highest BCUT2D eigenvalue weighted by Gasteiger charge is 2.19. The molecule has 0 unspecified atom stereocenters. The molecule has 1 heterocycles. The van der Waals surface area contributed by atoms with Crippen LogP contribution in [-0.4, -0.2) is 29.3 Å². The maximum absolute atomic E-state index is 12.2. The summed E-state index contributed by atoms with van der Waals surface area (Å²) in [6, 6.07) is 7.33. The quantitative estimate of drug-likeness (QED) is 0.628. The molecule has 0 saturated carbocycles. The Balaban J connectivity index is 2.39. The zero-order chi connectivity index (χ0) is 16.3. The topological polar surface area (TPSA) is 57.5 Å². The number of nitrogens with zero attached hydrogens (tertiary/aromatic N) is 1. The van der Waals surface area contributed by atoms with E-state index in [0.29, 0.717) is 0 Å². The summed E-state index contributed by atoms with van der Waals surface area (Å²) >= 11 is 0. The Bertz CT molecular complexity index is 735. The van der Waals surface area contributed by atoms with E-state index in [-0.39, 0.29) is 0 Å². The fraction of sp³-hybridized carbons (Fsp3) is 0.294. The molecule has 1 aromatic carbocycles. The Morgan fingerprint density at radius 3 is 2.55 bits per heavy atom. The van der Waals surface area contributed by atoms with E-state index in [4.69, 9.17) is 4.74 Å². The normalized spacial score (nSPS) is 11.8. The second-order valence-electron chi connectivity index (χ2n) is 5.80. The number of rotatable bonds is 2. The first-order valence-corrected chi connectivity index (χ1v) is 6.91. The summed E-state index contributed by atoms with van der Waals surface area (Å²) in [5.41, 5.74) is 0.988. The predicted octanol–water partition coefficient (Wildman–Crippen LogP) is 3.61. The first-order chi connectivity index (χ1) is 10.3. The van der Waals surface area contributed by atoms with Crippen LogP contribution in [0.25, 0.3) is 17.0 Å². The molecule has 0 N–H and O–H groups in total. The van der Waals surface area contributed by atoms with Gasteiger partial charge in [0.25, 0.3) is 0 Å². The van der Waals surface area contributed by atoms with E-state index < -0.39 is 17.7 Å². The maximum Gasteiger partial charge on any atom is 0.418 e. The lowest BCUT2D eigenvalue weighted by Crippen LogP contribution is -2.26. The first kappa shape index (κ1) is 15.8. The van der Waals surface area contributed by atoms with Gasteiger partial charge in [-0.15, -0.1) is 0 Å². The Hall–Kier alpha value is -2.56. The Morgan fingerprint density at radius 2 is 1.91 bits per heavy atom. The fourth-order valence-electron chi connectivity index (χ4n) is 2.03. The van der Waals surface area contributed by atoms with E-state index >= 15 is 0 Å². The minimum atomic E-state index is -0.559. The van der Waals surface area contributed by atoms with Crippen LogP contribution in [0.1, 0.15) is 26.3 Å². The predicted molar refractivity (Wildman–Crippen MR) is 84.6 cm³/mol. The minimum Gasteiger partial charge on any atom is -0.466 e. The molecule has 0 aliphatic carbocycles. The number of carbonyl (C=O) groups is 2. The molecule has 0 saturated heterocycles. The van der Waals surface area contributed by atoms with Gasteiger partial charge in [0.2, 0.25) is 0 Å². The van der Waals surface area contributed by atoms with Crippen LogP contribution in [-0.2, 0) is 14.3 Å². The number of carbonyl (C=O) groups excluding carboxylic acids is 2. The zero-order valence-electron chi connectivity index (χ0n) is 13.1. The highest BCUT2D eigenvalue weighted by Crippen LogP contribution is 2.22. The molecule has 0 aliphatic heterocycles. The van der Waals surface area contributed by atoms with Gasteiger partial charge in [-0.1, -0.05) is 12.1 Å². The Labute approximate surface area is 129 Å². The van der Waals surface area contributed by atoms with E-state index in [0.717, 1.165) is 16.5 Å². The highest BCUT2D eigenvalue weighted by molar-refractivity contribution is 5.97. The second-order valence-corrected chi connectivity index (χ2v) is 5.80. The van der Waals surface area contributed by atoms with Crippen molar-refractivity contribution in [2.45, 2.75) is 26.4 Å². The summed E-state index contributed by atoms with van der Waals surface area (Å²) in [5, 5.41) is 0.855. The van der Waals surface area contributed by atoms with Crippen LogP contribution >= 0.6 is 0 Å². The number of fused-ring (bicyclic) bond motifs is 1. The molecule has 116 valence electrons. The van der Waals surface area contributed by atoms with Gasteiger partial charge in [-0.05, 0) is 44.5 Å². The van der Waals surface area contributed by atoms with E-state index in [2.05, 4.69) is 4.74 Å². The SMILES string of the molecule is COC(=O)/C=C/c1cccc2c1ccn2C(=O)OC(C)(C)C. The highest BCUT2D eigenvalue weighted by atomic mass is 16.6. The number of hydrogen-bond donors (Lipinski definition) is 0. The molecule has 0 radical (unpaired) electrons. The van der Waals surface area contributed by atoms with Crippen molar-refractivity contribution in [1.29, 1.82) is 0 Å². The first-order valence-electron chi connectivity index (χ1n) is 6.91. The number of esters is 1. The maximum atomic E-state index is 12.2. The van der Waals surface area contributed by atoms with Gasteiger partial charge >= 0.3 is 12.1 Å². The molecule has 0 amide bonds. The molecular weight excluding hydrogens is 282 g/mol. The van der Waals surface area contributed by atoms with Crippen LogP contribution in [0.5, 0.6) is 0 Å². The van der Waals surface area contributed by atoms with Crippen LogP contribution in [0.4, 0.5) is 4.79 Å². The van der Waals surface area contributed by atoms with Crippen molar-refractivity contribution >= 4 is 29.0 Å². The van der Waals surface area contributed by atoms with Gasteiger partial charge in [0.15, 0.2) is 0 Å². The number of methoxy groups -OCH3 is 1. The molecule has 0 spiro atoms. The molecule has 22 heavy (non-hydrogen) atoms. The van der Waals surface area contributed by atoms with Crippen molar-refractivity contribution in [3.05, 3.63) is 42.1 Å². The Kier molecular flexibility index (Phi) is 4.35. The molecule has 5 heteroatoms. The van der Waals surface area contributed by atoms with Gasteiger partial charge in [0.1, 0.15) is 5.60 Å². The van der Waals surface area contributed by atoms with Crippen LogP contribution in [0.15, 0.2) is 36.5 Å². The summed E-state index contributed by atoms with van der Waals surface area (Å²) in [5.74, 6) is -0.427. The van der Waals surface area contributed by atoms with Crippen molar-refractivity contribution in [1.82, 2.24) is 4.57 Å². The average Bonchev–Trinajstić information content (AvgIpc) is 2.87. The summed E-state index contributed by atoms with van der Waals surface area (Å²) in [4.78, 5) is 23.4. The molecule has 0 atom stereocenters. The summed E-state index contributed by atoms with van der Waals surface area (Å²) in [7, 11) is 1.33. The second kappa shape index (κ2) is 6.05. The Morgan fingerprint density at radius 1 is 1.18 bits per heavy atom. The molecule has 1 aromatic heterocycles. The smallest absolute Gasteiger partial charge is 0.418 e. The molecule has 5 nitrogen and oxygen atoms in total. The number of aromatic nitrogens is 1. The summed E-state index contributed by atoms with van der Waals surface area (Å²) in [6.07, 6.45) is 4.23. The minimum absolute atomic E-state index is 0.427. The standard InChI is InChI=1S/C17H19NO4/c1-17(2,3)22-16(20)18-11-10-13-12(6-5-7-14(13)18)8-9-15(19)21-4/h5-11H,1-4H3/b9-8+. The van der Waals surface area contributed by atoms with Crippen LogP contribution in [0.3, 0.4) is 0 Å². The third kappa shape index (κ3) is 3.55. The van der Waals surface area contributed by atoms with Gasteiger partial charge in [0, 0.05) is 17.7 Å². The van der Waals surface area contributed by atoms with Gasteiger partial charge in [0.05, 0.1) is 12.6 Å². The zero-order valence-corrected chi connectivity index (χ0v) is 13.1. The third-order valence-corrected chi connectivity index (χ3v) is 2.96. The van der Waals surface area contributed by atoms with Crippen LogP contribution < -0.4 is 0 Å². The van der Waals surface area contributed by atoms with E-state index in [1.807, 2.05) is 45.0 Å². The summed E-state index contributed by atoms with van der Waals surface area (Å²) in [6.45, 7) is 5.46. The monoisotopic (exact) mass is 301 g/mol. The molecular formula is C17H19NO4. The number of ether oxygens (including phenoxy) is 2.